The lowest BCUT2D eigenvalue weighted by Crippen LogP contribution is -2.36. The first kappa shape index (κ1) is 16.2. The number of rotatable bonds is 6. The largest absolute Gasteiger partial charge is 0.354 e. The van der Waals surface area contributed by atoms with Gasteiger partial charge in [0.15, 0.2) is 5.13 Å². The summed E-state index contributed by atoms with van der Waals surface area (Å²) < 4.78 is 0. The lowest BCUT2D eigenvalue weighted by molar-refractivity contribution is 0.240. The Labute approximate surface area is 134 Å². The number of hydrogen-bond acceptors (Lipinski definition) is 5. The van der Waals surface area contributed by atoms with Crippen molar-refractivity contribution in [2.45, 2.75) is 19.9 Å². The van der Waals surface area contributed by atoms with E-state index in [0.29, 0.717) is 13.1 Å². The van der Waals surface area contributed by atoms with Crippen LogP contribution in [-0.4, -0.2) is 36.6 Å². The number of anilines is 1. The maximum atomic E-state index is 11.7. The maximum absolute atomic E-state index is 11.7. The third kappa shape index (κ3) is 5.00. The van der Waals surface area contributed by atoms with Crippen molar-refractivity contribution in [3.63, 3.8) is 0 Å². The topological polar surface area (TPSA) is 70.2 Å². The molecular weight excluding hydrogens is 298 g/mol. The van der Waals surface area contributed by atoms with Gasteiger partial charge in [-0.15, -0.1) is 11.3 Å². The second-order valence-corrected chi connectivity index (χ2v) is 6.02. The molecule has 0 spiro atoms. The van der Waals surface area contributed by atoms with Gasteiger partial charge in [0.2, 0.25) is 0 Å². The van der Waals surface area contributed by atoms with Crippen LogP contribution >= 0.6 is 11.3 Å². The fourth-order valence-electron chi connectivity index (χ4n) is 1.78. The average Bonchev–Trinajstić information content (AvgIpc) is 2.96. The van der Waals surface area contributed by atoms with Crippen LogP contribution in [0.15, 0.2) is 23.7 Å². The van der Waals surface area contributed by atoms with E-state index in [2.05, 4.69) is 20.6 Å². The lowest BCUT2D eigenvalue weighted by atomic mass is 10.2. The van der Waals surface area contributed by atoms with Crippen LogP contribution in [0.1, 0.15) is 17.0 Å². The Hall–Kier alpha value is -2.15. The van der Waals surface area contributed by atoms with Crippen LogP contribution in [0.5, 0.6) is 0 Å². The van der Waals surface area contributed by atoms with Crippen LogP contribution in [0.4, 0.5) is 9.93 Å². The Kier molecular flexibility index (Phi) is 5.71. The standard InChI is InChI=1S/C15H21N5OS/c1-11-4-5-12(8-17-11)6-7-16-14(21)18-9-13-10-22-15(19-13)20(2)3/h4-5,8,10H,6-7,9H2,1-3H3,(H2,16,18,21). The smallest absolute Gasteiger partial charge is 0.315 e. The molecule has 22 heavy (non-hydrogen) atoms. The van der Waals surface area contributed by atoms with Crippen molar-refractivity contribution in [2.24, 2.45) is 0 Å². The summed E-state index contributed by atoms with van der Waals surface area (Å²) >= 11 is 1.56. The van der Waals surface area contributed by atoms with Crippen LogP contribution in [0.25, 0.3) is 0 Å². The van der Waals surface area contributed by atoms with Gasteiger partial charge < -0.3 is 15.5 Å². The Morgan fingerprint density at radius 3 is 2.77 bits per heavy atom. The molecule has 6 nitrogen and oxygen atoms in total. The minimum absolute atomic E-state index is 0.181. The van der Waals surface area contributed by atoms with Gasteiger partial charge in [-0.3, -0.25) is 4.98 Å². The second-order valence-electron chi connectivity index (χ2n) is 5.18. The highest BCUT2D eigenvalue weighted by Gasteiger charge is 2.05. The molecular formula is C15H21N5OS. The van der Waals surface area contributed by atoms with E-state index in [1.807, 2.05) is 49.6 Å². The summed E-state index contributed by atoms with van der Waals surface area (Å²) in [6.07, 6.45) is 2.61. The number of carbonyl (C=O) groups excluding carboxylic acids is 1. The fourth-order valence-corrected chi connectivity index (χ4v) is 2.54. The summed E-state index contributed by atoms with van der Waals surface area (Å²) in [5, 5.41) is 8.53. The molecule has 0 atom stereocenters. The second kappa shape index (κ2) is 7.74. The molecule has 2 amide bonds. The van der Waals surface area contributed by atoms with Crippen LogP contribution in [0.3, 0.4) is 0 Å². The van der Waals surface area contributed by atoms with Crippen LogP contribution in [0, 0.1) is 6.92 Å². The monoisotopic (exact) mass is 319 g/mol. The van der Waals surface area contributed by atoms with Gasteiger partial charge in [-0.05, 0) is 25.0 Å². The quantitative estimate of drug-likeness (QED) is 0.854. The van der Waals surface area contributed by atoms with Gasteiger partial charge in [-0.2, -0.15) is 0 Å². The number of carbonyl (C=O) groups is 1. The van der Waals surface area contributed by atoms with Crippen molar-refractivity contribution in [1.82, 2.24) is 20.6 Å². The molecule has 0 aliphatic carbocycles. The van der Waals surface area contributed by atoms with Crippen molar-refractivity contribution in [2.75, 3.05) is 25.5 Å². The predicted molar refractivity (Wildman–Crippen MR) is 89.4 cm³/mol. The third-order valence-corrected chi connectivity index (χ3v) is 4.08. The molecule has 0 saturated carbocycles. The number of aryl methyl sites for hydroxylation is 1. The summed E-state index contributed by atoms with van der Waals surface area (Å²) in [5.74, 6) is 0. The van der Waals surface area contributed by atoms with Crippen LogP contribution in [-0.2, 0) is 13.0 Å². The zero-order valence-electron chi connectivity index (χ0n) is 13.1. The van der Waals surface area contributed by atoms with E-state index in [-0.39, 0.29) is 6.03 Å². The van der Waals surface area contributed by atoms with Gasteiger partial charge in [0.05, 0.1) is 12.2 Å². The van der Waals surface area contributed by atoms with E-state index in [4.69, 9.17) is 0 Å². The summed E-state index contributed by atoms with van der Waals surface area (Å²) in [4.78, 5) is 22.3. The van der Waals surface area contributed by atoms with E-state index >= 15 is 0 Å². The minimum Gasteiger partial charge on any atom is -0.354 e. The first-order valence-electron chi connectivity index (χ1n) is 7.09. The fraction of sp³-hybridized carbons (Fsp3) is 0.400. The van der Waals surface area contributed by atoms with Gasteiger partial charge in [0.1, 0.15) is 0 Å². The zero-order chi connectivity index (χ0) is 15.9. The third-order valence-electron chi connectivity index (χ3n) is 3.02. The van der Waals surface area contributed by atoms with Gasteiger partial charge >= 0.3 is 6.03 Å². The van der Waals surface area contributed by atoms with E-state index < -0.39 is 0 Å². The first-order chi connectivity index (χ1) is 10.5. The van der Waals surface area contributed by atoms with E-state index in [9.17, 15) is 4.79 Å². The highest BCUT2D eigenvalue weighted by Crippen LogP contribution is 2.17. The maximum Gasteiger partial charge on any atom is 0.315 e. The molecule has 0 aliphatic rings. The van der Waals surface area contributed by atoms with Gasteiger partial charge in [-0.1, -0.05) is 6.07 Å². The zero-order valence-corrected chi connectivity index (χ0v) is 13.9. The van der Waals surface area contributed by atoms with Gasteiger partial charge in [0.25, 0.3) is 0 Å². The number of amides is 2. The molecule has 0 saturated heterocycles. The SMILES string of the molecule is Cc1ccc(CCNC(=O)NCc2csc(N(C)C)n2)cn1. The molecule has 2 N–H and O–H groups in total. The number of thiazole rings is 1. The summed E-state index contributed by atoms with van der Waals surface area (Å²) in [7, 11) is 3.89. The van der Waals surface area contributed by atoms with Crippen molar-refractivity contribution in [3.8, 4) is 0 Å². The number of pyridine rings is 1. The molecule has 0 aliphatic heterocycles. The Morgan fingerprint density at radius 1 is 1.32 bits per heavy atom. The molecule has 7 heteroatoms. The molecule has 0 aromatic carbocycles. The Morgan fingerprint density at radius 2 is 2.14 bits per heavy atom. The van der Waals surface area contributed by atoms with Crippen molar-refractivity contribution >= 4 is 22.5 Å². The molecule has 2 heterocycles. The summed E-state index contributed by atoms with van der Waals surface area (Å²) in [5.41, 5.74) is 2.97. The molecule has 2 rings (SSSR count). The predicted octanol–water partition coefficient (Wildman–Crippen LogP) is 1.95. The van der Waals surface area contributed by atoms with Gasteiger partial charge in [0, 0.05) is 37.9 Å². The first-order valence-corrected chi connectivity index (χ1v) is 7.97. The van der Waals surface area contributed by atoms with E-state index in [1.54, 1.807) is 11.3 Å². The molecule has 2 aromatic heterocycles. The van der Waals surface area contributed by atoms with Crippen LogP contribution < -0.4 is 15.5 Å². The van der Waals surface area contributed by atoms with Crippen molar-refractivity contribution < 1.29 is 4.79 Å². The normalized spacial score (nSPS) is 10.3. The minimum atomic E-state index is -0.181. The van der Waals surface area contributed by atoms with Crippen molar-refractivity contribution in [3.05, 3.63) is 40.7 Å². The molecule has 118 valence electrons. The number of hydrogen-bond donors (Lipinski definition) is 2. The lowest BCUT2D eigenvalue weighted by Gasteiger charge is -2.07. The molecule has 0 bridgehead atoms. The van der Waals surface area contributed by atoms with E-state index in [0.717, 1.165) is 28.5 Å². The Balaban J connectivity index is 1.68. The highest BCUT2D eigenvalue weighted by molar-refractivity contribution is 7.13. The number of nitrogens with zero attached hydrogens (tertiary/aromatic N) is 3. The summed E-state index contributed by atoms with van der Waals surface area (Å²) in [6.45, 7) is 2.97. The van der Waals surface area contributed by atoms with Gasteiger partial charge in [-0.25, -0.2) is 9.78 Å². The number of nitrogens with one attached hydrogen (secondary N) is 2. The highest BCUT2D eigenvalue weighted by atomic mass is 32.1. The number of aromatic nitrogens is 2. The van der Waals surface area contributed by atoms with Crippen LogP contribution in [0.2, 0.25) is 0 Å². The summed E-state index contributed by atoms with van der Waals surface area (Å²) in [6, 6.07) is 3.82. The molecule has 0 radical (unpaired) electrons. The average molecular weight is 319 g/mol. The molecule has 0 fully saturated rings. The Bertz CT molecular complexity index is 609. The number of urea groups is 1. The molecule has 2 aromatic rings. The van der Waals surface area contributed by atoms with Crippen molar-refractivity contribution in [1.29, 1.82) is 0 Å². The molecule has 0 unspecified atom stereocenters. The van der Waals surface area contributed by atoms with E-state index in [1.165, 1.54) is 0 Å².